The van der Waals surface area contributed by atoms with Gasteiger partial charge in [0.2, 0.25) is 0 Å². The molecule has 0 fully saturated rings. The Kier molecular flexibility index (Phi) is 58.9. The number of ether oxygens (including phenoxy) is 3. The summed E-state index contributed by atoms with van der Waals surface area (Å²) in [6, 6.07) is 0. The zero-order chi connectivity index (χ0) is 54.3. The molecule has 6 nitrogen and oxygen atoms in total. The van der Waals surface area contributed by atoms with Gasteiger partial charge in [0.15, 0.2) is 6.10 Å². The predicted molar refractivity (Wildman–Crippen MR) is 325 cm³/mol. The van der Waals surface area contributed by atoms with Gasteiger partial charge in [-0.15, -0.1) is 0 Å². The van der Waals surface area contributed by atoms with E-state index < -0.39 is 6.10 Å². The number of allylic oxidation sites excluding steroid dienone is 20. The van der Waals surface area contributed by atoms with Crippen molar-refractivity contribution in [2.75, 3.05) is 13.2 Å². The summed E-state index contributed by atoms with van der Waals surface area (Å²) in [6.45, 7) is 6.45. The molecular weight excluding hydrogens is 925 g/mol. The fourth-order valence-electron chi connectivity index (χ4n) is 8.27. The molecule has 0 radical (unpaired) electrons. The summed E-state index contributed by atoms with van der Waals surface area (Å²) < 4.78 is 16.9. The van der Waals surface area contributed by atoms with Crippen LogP contribution in [-0.2, 0) is 28.6 Å². The van der Waals surface area contributed by atoms with Crippen LogP contribution in [0.1, 0.15) is 278 Å². The van der Waals surface area contributed by atoms with Crippen molar-refractivity contribution < 1.29 is 28.6 Å². The molecule has 1 unspecified atom stereocenters. The van der Waals surface area contributed by atoms with Crippen LogP contribution in [0, 0.1) is 0 Å². The van der Waals surface area contributed by atoms with Crippen molar-refractivity contribution in [3.8, 4) is 0 Å². The highest BCUT2D eigenvalue weighted by atomic mass is 16.6. The molecule has 0 amide bonds. The highest BCUT2D eigenvalue weighted by Crippen LogP contribution is 2.14. The molecular formula is C69H114O6. The molecule has 0 saturated heterocycles. The van der Waals surface area contributed by atoms with E-state index in [2.05, 4.69) is 142 Å². The minimum absolute atomic E-state index is 0.0977. The lowest BCUT2D eigenvalue weighted by Gasteiger charge is -2.18. The van der Waals surface area contributed by atoms with E-state index in [9.17, 15) is 14.4 Å². The van der Waals surface area contributed by atoms with E-state index in [1.165, 1.54) is 89.9 Å². The summed E-state index contributed by atoms with van der Waals surface area (Å²) >= 11 is 0. The average molecular weight is 1040 g/mol. The van der Waals surface area contributed by atoms with Gasteiger partial charge in [0, 0.05) is 19.3 Å². The summed E-state index contributed by atoms with van der Waals surface area (Å²) in [5.74, 6) is -0.933. The van der Waals surface area contributed by atoms with Crippen molar-refractivity contribution in [3.63, 3.8) is 0 Å². The third-order valence-electron chi connectivity index (χ3n) is 12.9. The molecule has 0 aliphatic rings. The number of rotatable bonds is 55. The first-order chi connectivity index (χ1) is 37.0. The third-order valence-corrected chi connectivity index (χ3v) is 12.9. The number of hydrogen-bond donors (Lipinski definition) is 0. The van der Waals surface area contributed by atoms with Crippen molar-refractivity contribution in [3.05, 3.63) is 122 Å². The summed E-state index contributed by atoms with van der Waals surface area (Å²) in [5, 5.41) is 0. The number of unbranched alkanes of at least 4 members (excludes halogenated alkanes) is 24. The van der Waals surface area contributed by atoms with Crippen LogP contribution in [0.15, 0.2) is 122 Å². The van der Waals surface area contributed by atoms with Crippen molar-refractivity contribution in [2.24, 2.45) is 0 Å². The minimum atomic E-state index is -0.802. The van der Waals surface area contributed by atoms with E-state index in [1.54, 1.807) is 0 Å². The van der Waals surface area contributed by atoms with Crippen LogP contribution in [0.4, 0.5) is 0 Å². The Morgan fingerprint density at radius 3 is 0.813 bits per heavy atom. The Morgan fingerprint density at radius 2 is 0.520 bits per heavy atom. The molecule has 6 heteroatoms. The van der Waals surface area contributed by atoms with E-state index in [4.69, 9.17) is 14.2 Å². The fraction of sp³-hybridized carbons (Fsp3) is 0.667. The van der Waals surface area contributed by atoms with Gasteiger partial charge in [0.05, 0.1) is 0 Å². The lowest BCUT2D eigenvalue weighted by Crippen LogP contribution is -2.30. The van der Waals surface area contributed by atoms with Gasteiger partial charge in [-0.25, -0.2) is 0 Å². The zero-order valence-corrected chi connectivity index (χ0v) is 48.8. The Morgan fingerprint density at radius 1 is 0.280 bits per heavy atom. The highest BCUT2D eigenvalue weighted by Gasteiger charge is 2.19. The molecule has 0 bridgehead atoms. The molecule has 0 aromatic carbocycles. The molecule has 75 heavy (non-hydrogen) atoms. The van der Waals surface area contributed by atoms with Gasteiger partial charge in [-0.05, 0) is 135 Å². The summed E-state index contributed by atoms with van der Waals surface area (Å²) in [4.78, 5) is 38.3. The first-order valence-electron chi connectivity index (χ1n) is 31.0. The monoisotopic (exact) mass is 1040 g/mol. The Labute approximate surface area is 462 Å². The molecule has 1 atom stereocenters. The second-order valence-electron chi connectivity index (χ2n) is 20.2. The molecule has 0 rings (SSSR count). The van der Waals surface area contributed by atoms with Crippen LogP contribution in [0.2, 0.25) is 0 Å². The topological polar surface area (TPSA) is 78.9 Å². The Hall–Kier alpha value is -4.19. The molecule has 0 aromatic rings. The van der Waals surface area contributed by atoms with Gasteiger partial charge < -0.3 is 14.2 Å². The van der Waals surface area contributed by atoms with Crippen LogP contribution in [-0.4, -0.2) is 37.2 Å². The van der Waals surface area contributed by atoms with E-state index >= 15 is 0 Å². The van der Waals surface area contributed by atoms with Crippen molar-refractivity contribution >= 4 is 17.9 Å². The molecule has 0 aliphatic heterocycles. The number of carbonyl (C=O) groups is 3. The zero-order valence-electron chi connectivity index (χ0n) is 48.8. The second kappa shape index (κ2) is 62.4. The van der Waals surface area contributed by atoms with Crippen LogP contribution in [0.3, 0.4) is 0 Å². The summed E-state index contributed by atoms with van der Waals surface area (Å²) in [5.41, 5.74) is 0. The van der Waals surface area contributed by atoms with Crippen molar-refractivity contribution in [2.45, 2.75) is 284 Å². The highest BCUT2D eigenvalue weighted by molar-refractivity contribution is 5.71. The van der Waals surface area contributed by atoms with Gasteiger partial charge >= 0.3 is 17.9 Å². The van der Waals surface area contributed by atoms with E-state index in [0.29, 0.717) is 19.3 Å². The van der Waals surface area contributed by atoms with Crippen molar-refractivity contribution in [1.29, 1.82) is 0 Å². The quantitative estimate of drug-likeness (QED) is 0.0261. The maximum Gasteiger partial charge on any atom is 0.306 e. The molecule has 0 saturated carbocycles. The van der Waals surface area contributed by atoms with Crippen LogP contribution in [0.25, 0.3) is 0 Å². The lowest BCUT2D eigenvalue weighted by molar-refractivity contribution is -0.167. The maximum atomic E-state index is 12.9. The smallest absolute Gasteiger partial charge is 0.306 e. The average Bonchev–Trinajstić information content (AvgIpc) is 3.41. The number of esters is 3. The molecule has 0 spiro atoms. The standard InChI is InChI=1S/C69H114O6/c1-4-7-10-13-16-19-22-25-28-31-34-37-40-43-46-49-52-55-58-61-67(70)73-64-66(75-69(72)63-60-57-54-51-48-45-42-39-36-33-30-27-24-21-18-15-12-9-6-3)65-74-68(71)62-59-56-53-50-47-44-41-38-35-32-29-26-23-20-17-14-11-8-5-2/h7,10,16-21,25-30,34-39,66H,4-6,8-9,11-15,22-24,31-33,40-65H2,1-3H3/b10-7-,19-16-,20-17-,21-18-,28-25-,29-26-,30-27-,37-34-,38-35-,39-36-. The minimum Gasteiger partial charge on any atom is -0.462 e. The van der Waals surface area contributed by atoms with Crippen LogP contribution < -0.4 is 0 Å². The van der Waals surface area contributed by atoms with Gasteiger partial charge in [-0.3, -0.25) is 14.4 Å². The molecule has 0 N–H and O–H groups in total. The van der Waals surface area contributed by atoms with Crippen LogP contribution >= 0.6 is 0 Å². The Balaban J connectivity index is 4.49. The SMILES string of the molecule is CC/C=C\C/C=C\C/C=C\C/C=C\CCCCCCCCC(=O)OCC(COC(=O)CCCCCCCC/C=C\C/C=C\C/C=C\CCCCC)OC(=O)CCCCCCCC/C=C\C/C=C\C/C=C\CCCCC. The molecule has 0 aliphatic carbocycles. The third kappa shape index (κ3) is 60.6. The summed E-state index contributed by atoms with van der Waals surface area (Å²) in [6.07, 6.45) is 86.1. The first kappa shape index (κ1) is 70.8. The largest absolute Gasteiger partial charge is 0.462 e. The van der Waals surface area contributed by atoms with E-state index in [-0.39, 0.29) is 31.1 Å². The van der Waals surface area contributed by atoms with Gasteiger partial charge in [-0.1, -0.05) is 245 Å². The maximum absolute atomic E-state index is 12.9. The molecule has 0 aromatic heterocycles. The lowest BCUT2D eigenvalue weighted by atomic mass is 10.1. The Bertz CT molecular complexity index is 1570. The molecule has 0 heterocycles. The van der Waals surface area contributed by atoms with Crippen LogP contribution in [0.5, 0.6) is 0 Å². The predicted octanol–water partition coefficient (Wildman–Crippen LogP) is 21.2. The molecule has 426 valence electrons. The normalized spacial score (nSPS) is 12.9. The van der Waals surface area contributed by atoms with Crippen molar-refractivity contribution in [1.82, 2.24) is 0 Å². The van der Waals surface area contributed by atoms with Gasteiger partial charge in [0.25, 0.3) is 0 Å². The van der Waals surface area contributed by atoms with E-state index in [1.807, 2.05) is 0 Å². The second-order valence-corrected chi connectivity index (χ2v) is 20.2. The van der Waals surface area contributed by atoms with E-state index in [0.717, 1.165) is 148 Å². The first-order valence-corrected chi connectivity index (χ1v) is 31.0. The van der Waals surface area contributed by atoms with Gasteiger partial charge in [0.1, 0.15) is 13.2 Å². The number of hydrogen-bond acceptors (Lipinski definition) is 6. The van der Waals surface area contributed by atoms with Gasteiger partial charge in [-0.2, -0.15) is 0 Å². The fourth-order valence-corrected chi connectivity index (χ4v) is 8.27. The number of carbonyl (C=O) groups excluding carboxylic acids is 3. The summed E-state index contributed by atoms with van der Waals surface area (Å²) in [7, 11) is 0.